The molecule has 5 atom stereocenters. The topological polar surface area (TPSA) is 239 Å². The summed E-state index contributed by atoms with van der Waals surface area (Å²) in [6, 6.07) is 7.31. The maximum Gasteiger partial charge on any atom is 0.352 e. The van der Waals surface area contributed by atoms with Crippen molar-refractivity contribution in [1.29, 1.82) is 0 Å². The Kier molecular flexibility index (Phi) is 11.0. The molecule has 2 heterocycles. The number of hydrogen-bond acceptors (Lipinski definition) is 12. The zero-order valence-electron chi connectivity index (χ0n) is 23.8. The highest BCUT2D eigenvalue weighted by atomic mass is 31.2. The predicted octanol–water partition coefficient (Wildman–Crippen LogP) is 0.193. The molecule has 0 amide bonds. The molecule has 0 saturated heterocycles. The lowest BCUT2D eigenvalue weighted by molar-refractivity contribution is -0.881. The maximum atomic E-state index is 13.8. The van der Waals surface area contributed by atoms with E-state index in [1.54, 1.807) is 51.1 Å². The molecule has 0 aliphatic heterocycles. The molecule has 43 heavy (non-hydrogen) atoms. The number of imidazole rings is 1. The van der Waals surface area contributed by atoms with Gasteiger partial charge >= 0.3 is 25.4 Å². The number of nitrogen functional groups attached to an aromatic ring is 1. The Morgan fingerprint density at radius 2 is 1.77 bits per heavy atom. The molecular formula is C25H34N6O11P+. The minimum Gasteiger partial charge on any atom is -0.479 e. The van der Waals surface area contributed by atoms with Crippen molar-refractivity contribution in [2.75, 3.05) is 12.1 Å². The quantitative estimate of drug-likeness (QED) is 0.0811. The predicted molar refractivity (Wildman–Crippen MR) is 148 cm³/mol. The molecule has 17 nitrogen and oxygen atoms in total. The fourth-order valence-corrected chi connectivity index (χ4v) is 5.49. The van der Waals surface area contributed by atoms with Crippen LogP contribution in [0.5, 0.6) is 5.75 Å². The lowest BCUT2D eigenvalue weighted by Gasteiger charge is -2.25. The molecule has 0 aliphatic rings. The van der Waals surface area contributed by atoms with Gasteiger partial charge in [0, 0.05) is 0 Å². The number of hydrogen-bond donors (Lipinski definition) is 5. The summed E-state index contributed by atoms with van der Waals surface area (Å²) in [6.07, 6.45) is -3.84. The van der Waals surface area contributed by atoms with Crippen LogP contribution in [0.4, 0.5) is 5.82 Å². The molecule has 0 fully saturated rings. The number of nitrogens with one attached hydrogen (secondary N) is 1. The van der Waals surface area contributed by atoms with Gasteiger partial charge in [0.2, 0.25) is 17.4 Å². The number of carboxylic acid groups (broad SMARTS) is 2. The van der Waals surface area contributed by atoms with Gasteiger partial charge < -0.3 is 39.9 Å². The average Bonchev–Trinajstić information content (AvgIpc) is 3.35. The molecule has 3 rings (SSSR count). The third-order valence-electron chi connectivity index (χ3n) is 5.65. The van der Waals surface area contributed by atoms with Crippen LogP contribution in [0.2, 0.25) is 0 Å². The van der Waals surface area contributed by atoms with Crippen molar-refractivity contribution >= 4 is 42.4 Å². The molecule has 0 radical (unpaired) electrons. The van der Waals surface area contributed by atoms with Gasteiger partial charge in [0.25, 0.3) is 18.1 Å². The molecular weight excluding hydrogens is 591 g/mol. The van der Waals surface area contributed by atoms with Gasteiger partial charge in [-0.25, -0.2) is 24.2 Å². The Hall–Kier alpha value is -4.31. The first-order chi connectivity index (χ1) is 20.2. The van der Waals surface area contributed by atoms with Crippen LogP contribution >= 0.6 is 7.52 Å². The van der Waals surface area contributed by atoms with Gasteiger partial charge in [-0.2, -0.15) is 0 Å². The zero-order chi connectivity index (χ0) is 31.9. The number of para-hydroxylation sites is 1. The van der Waals surface area contributed by atoms with Crippen LogP contribution in [0.25, 0.3) is 11.2 Å². The number of aliphatic hydroxyl groups is 1. The van der Waals surface area contributed by atoms with Crippen molar-refractivity contribution in [3.05, 3.63) is 43.0 Å². The van der Waals surface area contributed by atoms with E-state index in [9.17, 15) is 29.2 Å². The maximum absolute atomic E-state index is 13.8. The Bertz CT molecular complexity index is 1490. The number of carboxylic acids is 2. The Morgan fingerprint density at radius 1 is 1.09 bits per heavy atom. The highest BCUT2D eigenvalue weighted by Crippen LogP contribution is 2.44. The number of aliphatic carboxylic acids is 2. The van der Waals surface area contributed by atoms with Crippen molar-refractivity contribution in [2.45, 2.75) is 64.7 Å². The number of carbonyl (C=O) groups is 3. The number of benzene rings is 1. The Morgan fingerprint density at radius 3 is 2.37 bits per heavy atom. The van der Waals surface area contributed by atoms with E-state index in [2.05, 4.69) is 15.1 Å². The van der Waals surface area contributed by atoms with E-state index in [-0.39, 0.29) is 35.4 Å². The van der Waals surface area contributed by atoms with Crippen molar-refractivity contribution in [1.82, 2.24) is 19.6 Å². The summed E-state index contributed by atoms with van der Waals surface area (Å²) in [5, 5.41) is 31.0. The zero-order valence-corrected chi connectivity index (χ0v) is 24.7. The first kappa shape index (κ1) is 33.2. The largest absolute Gasteiger partial charge is 0.479 e. The minimum atomic E-state index is -3.86. The summed E-state index contributed by atoms with van der Waals surface area (Å²) >= 11 is 0. The second-order valence-corrected chi connectivity index (χ2v) is 11.7. The average molecular weight is 626 g/mol. The fraction of sp³-hybridized carbons (Fsp3) is 0.440. The van der Waals surface area contributed by atoms with Gasteiger partial charge in [-0.1, -0.05) is 27.9 Å². The number of esters is 1. The molecule has 1 aromatic carbocycles. The first-order valence-corrected chi connectivity index (χ1v) is 14.8. The Labute approximate surface area is 245 Å². The number of ether oxygens (including phenoxy) is 2. The molecule has 0 bridgehead atoms. The number of aliphatic hydroxyl groups excluding tert-OH is 1. The van der Waals surface area contributed by atoms with E-state index < -0.39 is 56.1 Å². The van der Waals surface area contributed by atoms with Crippen LogP contribution in [-0.4, -0.2) is 84.6 Å². The minimum absolute atomic E-state index is 0.0127. The molecule has 234 valence electrons. The van der Waals surface area contributed by atoms with Crippen LogP contribution in [-0.2, 0) is 35.0 Å². The van der Waals surface area contributed by atoms with E-state index in [0.717, 1.165) is 11.1 Å². The normalized spacial score (nSPS) is 15.7. The van der Waals surface area contributed by atoms with E-state index in [4.69, 9.17) is 29.7 Å². The smallest absolute Gasteiger partial charge is 0.352 e. The number of rotatable bonds is 16. The summed E-state index contributed by atoms with van der Waals surface area (Å²) in [6.45, 7) is 6.50. The van der Waals surface area contributed by atoms with Crippen LogP contribution in [0, 0.1) is 0 Å². The summed E-state index contributed by atoms with van der Waals surface area (Å²) in [7, 11) is -3.86. The number of aromatic nitrogens is 4. The SMILES string of the molecule is CC(C)OC(=O)[C@H](C)N[P@](=O)(CO[C@H](C)Cn1cnc2c(N)nc[n+](O[C@H](C(=O)O)[C@H](O)C(=O)O)c21)Oc1ccccc1. The fourth-order valence-electron chi connectivity index (χ4n) is 3.70. The van der Waals surface area contributed by atoms with Gasteiger partial charge in [-0.15, -0.1) is 0 Å². The van der Waals surface area contributed by atoms with Gasteiger partial charge in [0.15, 0.2) is 6.33 Å². The molecule has 18 heteroatoms. The van der Waals surface area contributed by atoms with Crippen molar-refractivity contribution in [3.8, 4) is 5.75 Å². The summed E-state index contributed by atoms with van der Waals surface area (Å²) in [4.78, 5) is 48.5. The molecule has 0 aliphatic carbocycles. The number of nitrogens with two attached hydrogens (primary N) is 1. The lowest BCUT2D eigenvalue weighted by atomic mass is 10.2. The Balaban J connectivity index is 1.82. The number of carbonyl (C=O) groups excluding carboxylic acids is 1. The van der Waals surface area contributed by atoms with Gasteiger partial charge in [0.1, 0.15) is 18.1 Å². The highest BCUT2D eigenvalue weighted by Gasteiger charge is 2.38. The third-order valence-corrected chi connectivity index (χ3v) is 7.42. The number of fused-ring (bicyclic) bond motifs is 1. The second-order valence-electron chi connectivity index (χ2n) is 9.69. The summed E-state index contributed by atoms with van der Waals surface area (Å²) in [5.41, 5.74) is 6.06. The highest BCUT2D eigenvalue weighted by molar-refractivity contribution is 7.57. The van der Waals surface area contributed by atoms with E-state index in [0.29, 0.717) is 0 Å². The van der Waals surface area contributed by atoms with E-state index in [1.165, 1.54) is 17.8 Å². The van der Waals surface area contributed by atoms with Crippen LogP contribution < -0.4 is 24.9 Å². The summed E-state index contributed by atoms with van der Waals surface area (Å²) < 4.78 is 32.9. The molecule has 6 N–H and O–H groups in total. The molecule has 0 saturated carbocycles. The van der Waals surface area contributed by atoms with E-state index >= 15 is 0 Å². The first-order valence-electron chi connectivity index (χ1n) is 13.0. The van der Waals surface area contributed by atoms with Gasteiger partial charge in [-0.05, 0) is 39.8 Å². The summed E-state index contributed by atoms with van der Waals surface area (Å²) in [5.74, 6) is -3.96. The molecule has 0 unspecified atom stereocenters. The van der Waals surface area contributed by atoms with Crippen LogP contribution in [0.3, 0.4) is 0 Å². The second kappa shape index (κ2) is 14.2. The van der Waals surface area contributed by atoms with E-state index in [1.807, 2.05) is 0 Å². The molecule has 2 aromatic heterocycles. The monoisotopic (exact) mass is 625 g/mol. The lowest BCUT2D eigenvalue weighted by Crippen LogP contribution is -2.57. The number of nitrogens with zero attached hydrogens (tertiary/aromatic N) is 4. The van der Waals surface area contributed by atoms with Crippen molar-refractivity contribution in [3.63, 3.8) is 0 Å². The van der Waals surface area contributed by atoms with Gasteiger partial charge in [-0.3, -0.25) is 9.36 Å². The standard InChI is InChI=1S/C25H33N6O11P/c1-14(2)40-25(37)16(4)29-43(38,42-17-8-6-5-7-9-17)13-39-15(3)10-30-11-27-18-21(26)28-12-31(22(18)30)41-20(24(35)36)19(32)23(33)34/h5-9,11-12,14-16,19-20,26,32H,10,13H2,1-4H3,(H3,29,33,34,35,36,38)/p+1/t15-,16+,19+,20+,43+/m1/s1. The third kappa shape index (κ3) is 8.84. The van der Waals surface area contributed by atoms with Crippen molar-refractivity contribution in [2.24, 2.45) is 0 Å². The van der Waals surface area contributed by atoms with Gasteiger partial charge in [0.05, 0.1) is 18.8 Å². The molecule has 0 spiro atoms. The number of anilines is 1. The van der Waals surface area contributed by atoms with Crippen LogP contribution in [0.15, 0.2) is 43.0 Å². The van der Waals surface area contributed by atoms with Crippen molar-refractivity contribution < 1.29 is 57.8 Å². The van der Waals surface area contributed by atoms with Crippen LogP contribution in [0.1, 0.15) is 27.7 Å². The molecule has 3 aromatic rings.